The Morgan fingerprint density at radius 3 is 2.47 bits per heavy atom. The molecule has 1 aliphatic carbocycles. The molecule has 0 unspecified atom stereocenters. The topological polar surface area (TPSA) is 67.9 Å². The zero-order valence-corrected chi connectivity index (χ0v) is 18.7. The molecule has 2 aromatic rings. The van der Waals surface area contributed by atoms with Crippen LogP contribution >= 0.6 is 0 Å². The van der Waals surface area contributed by atoms with Gasteiger partial charge in [-0.25, -0.2) is 0 Å². The molecule has 1 N–H and O–H groups in total. The Bertz CT molecular complexity index is 925. The highest BCUT2D eigenvalue weighted by atomic mass is 16.6. The molecule has 6 heteroatoms. The van der Waals surface area contributed by atoms with Gasteiger partial charge in [0.05, 0.1) is 0 Å². The summed E-state index contributed by atoms with van der Waals surface area (Å²) in [6, 6.07) is 15.4. The number of carbonyl (C=O) groups is 2. The molecule has 0 saturated heterocycles. The first kappa shape index (κ1) is 22.2. The summed E-state index contributed by atoms with van der Waals surface area (Å²) < 4.78 is 11.2. The molecule has 2 aliphatic rings. The van der Waals surface area contributed by atoms with Crippen LogP contribution in [0.2, 0.25) is 0 Å². The number of fused-ring (bicyclic) bond motifs is 1. The molecular weight excluding hydrogens is 404 g/mol. The highest BCUT2D eigenvalue weighted by Crippen LogP contribution is 2.31. The summed E-state index contributed by atoms with van der Waals surface area (Å²) in [6.07, 6.45) is 5.26. The third kappa shape index (κ3) is 5.61. The van der Waals surface area contributed by atoms with Gasteiger partial charge in [0.15, 0.2) is 11.5 Å². The lowest BCUT2D eigenvalue weighted by Gasteiger charge is -2.30. The Hall–Kier alpha value is -3.02. The number of nitrogens with zero attached hydrogens (tertiary/aromatic N) is 1. The van der Waals surface area contributed by atoms with Gasteiger partial charge in [-0.05, 0) is 49.4 Å². The van der Waals surface area contributed by atoms with Crippen molar-refractivity contribution in [1.82, 2.24) is 10.2 Å². The van der Waals surface area contributed by atoms with Gasteiger partial charge in [0, 0.05) is 19.0 Å². The van der Waals surface area contributed by atoms with E-state index in [1.807, 2.05) is 55.5 Å². The zero-order chi connectivity index (χ0) is 22.3. The van der Waals surface area contributed by atoms with Gasteiger partial charge in [-0.15, -0.1) is 0 Å². The van der Waals surface area contributed by atoms with Crippen molar-refractivity contribution in [3.8, 4) is 11.5 Å². The smallest absolute Gasteiger partial charge is 0.242 e. The Labute approximate surface area is 189 Å². The van der Waals surface area contributed by atoms with Gasteiger partial charge in [0.2, 0.25) is 11.8 Å². The van der Waals surface area contributed by atoms with Crippen molar-refractivity contribution >= 4 is 11.8 Å². The molecule has 1 saturated carbocycles. The number of amides is 2. The minimum atomic E-state index is -0.524. The highest BCUT2D eigenvalue weighted by Gasteiger charge is 2.28. The van der Waals surface area contributed by atoms with Crippen LogP contribution in [0.15, 0.2) is 48.5 Å². The van der Waals surface area contributed by atoms with Gasteiger partial charge in [-0.1, -0.05) is 49.2 Å². The molecule has 1 atom stereocenters. The number of carbonyl (C=O) groups excluding carboxylic acids is 2. The van der Waals surface area contributed by atoms with E-state index in [2.05, 4.69) is 5.32 Å². The third-order valence-corrected chi connectivity index (χ3v) is 6.30. The monoisotopic (exact) mass is 436 g/mol. The first-order valence-corrected chi connectivity index (χ1v) is 11.6. The van der Waals surface area contributed by atoms with E-state index in [9.17, 15) is 9.59 Å². The average molecular weight is 437 g/mol. The lowest BCUT2D eigenvalue weighted by molar-refractivity contribution is -0.140. The van der Waals surface area contributed by atoms with Gasteiger partial charge in [-0.3, -0.25) is 9.59 Å². The van der Waals surface area contributed by atoms with E-state index in [-0.39, 0.29) is 17.9 Å². The Balaban J connectivity index is 1.43. The zero-order valence-electron chi connectivity index (χ0n) is 18.7. The normalized spacial score (nSPS) is 16.4. The number of hydrogen-bond donors (Lipinski definition) is 1. The molecular formula is C26H32N2O4. The highest BCUT2D eigenvalue weighted by molar-refractivity contribution is 5.87. The summed E-state index contributed by atoms with van der Waals surface area (Å²) in [6.45, 7) is 3.34. The molecule has 2 aromatic carbocycles. The van der Waals surface area contributed by atoms with Crippen molar-refractivity contribution < 1.29 is 19.1 Å². The van der Waals surface area contributed by atoms with E-state index in [1.54, 1.807) is 4.90 Å². The molecule has 2 amide bonds. The van der Waals surface area contributed by atoms with E-state index in [0.29, 0.717) is 32.6 Å². The van der Waals surface area contributed by atoms with Gasteiger partial charge >= 0.3 is 0 Å². The second-order valence-corrected chi connectivity index (χ2v) is 8.65. The Morgan fingerprint density at radius 1 is 1.00 bits per heavy atom. The maximum atomic E-state index is 13.3. The van der Waals surface area contributed by atoms with Crippen LogP contribution in [-0.4, -0.2) is 42.0 Å². The number of hydrogen-bond acceptors (Lipinski definition) is 4. The number of benzene rings is 2. The predicted octanol–water partition coefficient (Wildman–Crippen LogP) is 3.87. The number of ether oxygens (including phenoxy) is 2. The molecule has 1 heterocycles. The number of rotatable bonds is 8. The third-order valence-electron chi connectivity index (χ3n) is 6.30. The minimum absolute atomic E-state index is 0.0298. The van der Waals surface area contributed by atoms with E-state index >= 15 is 0 Å². The van der Waals surface area contributed by atoms with E-state index in [0.717, 1.165) is 48.3 Å². The predicted molar refractivity (Wildman–Crippen MR) is 123 cm³/mol. The molecule has 0 radical (unpaired) electrons. The standard InChI is InChI=1S/C26H32N2O4/c1-19(26(30)27-22-9-5-6-10-22)28(18-21-7-3-2-4-8-21)25(29)14-12-20-11-13-23-24(17-20)32-16-15-31-23/h2-4,7-8,11,13,17,19,22H,5-6,9-10,12,14-16,18H2,1H3,(H,27,30)/t19-/m0/s1. The summed E-state index contributed by atoms with van der Waals surface area (Å²) in [5, 5.41) is 3.14. The van der Waals surface area contributed by atoms with Gasteiger partial charge < -0.3 is 19.7 Å². The maximum Gasteiger partial charge on any atom is 0.242 e. The van der Waals surface area contributed by atoms with Crippen LogP contribution in [0.3, 0.4) is 0 Å². The van der Waals surface area contributed by atoms with Crippen molar-refractivity contribution in [1.29, 1.82) is 0 Å². The summed E-state index contributed by atoms with van der Waals surface area (Å²) in [4.78, 5) is 27.9. The summed E-state index contributed by atoms with van der Waals surface area (Å²) in [7, 11) is 0. The number of nitrogens with one attached hydrogen (secondary N) is 1. The number of aryl methyl sites for hydroxylation is 1. The average Bonchev–Trinajstić information content (AvgIpc) is 3.34. The second kappa shape index (κ2) is 10.5. The Morgan fingerprint density at radius 2 is 1.72 bits per heavy atom. The van der Waals surface area contributed by atoms with Crippen LogP contribution in [0, 0.1) is 0 Å². The van der Waals surface area contributed by atoms with Gasteiger partial charge in [0.1, 0.15) is 19.3 Å². The summed E-state index contributed by atoms with van der Waals surface area (Å²) in [5.41, 5.74) is 2.03. The fourth-order valence-electron chi connectivity index (χ4n) is 4.39. The first-order chi connectivity index (χ1) is 15.6. The van der Waals surface area contributed by atoms with Crippen LogP contribution in [0.5, 0.6) is 11.5 Å². The van der Waals surface area contributed by atoms with Crippen molar-refractivity contribution in [2.45, 2.75) is 64.1 Å². The molecule has 0 aromatic heterocycles. The van der Waals surface area contributed by atoms with Gasteiger partial charge in [-0.2, -0.15) is 0 Å². The van der Waals surface area contributed by atoms with Crippen LogP contribution in [-0.2, 0) is 22.6 Å². The van der Waals surface area contributed by atoms with Crippen LogP contribution in [0.4, 0.5) is 0 Å². The molecule has 32 heavy (non-hydrogen) atoms. The molecule has 4 rings (SSSR count). The first-order valence-electron chi connectivity index (χ1n) is 11.6. The van der Waals surface area contributed by atoms with Crippen molar-refractivity contribution in [2.75, 3.05) is 13.2 Å². The Kier molecular flexibility index (Phi) is 7.30. The minimum Gasteiger partial charge on any atom is -0.486 e. The molecule has 0 bridgehead atoms. The quantitative estimate of drug-likeness (QED) is 0.682. The molecule has 6 nitrogen and oxygen atoms in total. The van der Waals surface area contributed by atoms with Crippen molar-refractivity contribution in [3.05, 3.63) is 59.7 Å². The second-order valence-electron chi connectivity index (χ2n) is 8.65. The van der Waals surface area contributed by atoms with Crippen molar-refractivity contribution in [3.63, 3.8) is 0 Å². The molecule has 170 valence electrons. The van der Waals surface area contributed by atoms with E-state index in [1.165, 1.54) is 0 Å². The largest absolute Gasteiger partial charge is 0.486 e. The van der Waals surface area contributed by atoms with Crippen LogP contribution in [0.25, 0.3) is 0 Å². The molecule has 0 spiro atoms. The van der Waals surface area contributed by atoms with Crippen LogP contribution < -0.4 is 14.8 Å². The lowest BCUT2D eigenvalue weighted by Crippen LogP contribution is -2.49. The maximum absolute atomic E-state index is 13.3. The summed E-state index contributed by atoms with van der Waals surface area (Å²) in [5.74, 6) is 1.37. The van der Waals surface area contributed by atoms with E-state index in [4.69, 9.17) is 9.47 Å². The molecule has 1 aliphatic heterocycles. The fraction of sp³-hybridized carbons (Fsp3) is 0.462. The van der Waals surface area contributed by atoms with Gasteiger partial charge in [0.25, 0.3) is 0 Å². The summed E-state index contributed by atoms with van der Waals surface area (Å²) >= 11 is 0. The fourth-order valence-corrected chi connectivity index (χ4v) is 4.39. The van der Waals surface area contributed by atoms with Crippen molar-refractivity contribution in [2.24, 2.45) is 0 Å². The van der Waals surface area contributed by atoms with E-state index < -0.39 is 6.04 Å². The van der Waals surface area contributed by atoms with Crippen LogP contribution in [0.1, 0.15) is 50.2 Å². The lowest BCUT2D eigenvalue weighted by atomic mass is 10.1. The molecule has 1 fully saturated rings. The SMILES string of the molecule is C[C@@H](C(=O)NC1CCCC1)N(Cc1ccccc1)C(=O)CCc1ccc2c(c1)OCCO2.